The number of sulfonamides is 1. The summed E-state index contributed by atoms with van der Waals surface area (Å²) in [6, 6.07) is 8.96. The van der Waals surface area contributed by atoms with Gasteiger partial charge in [-0.15, -0.1) is 0 Å². The molecule has 0 radical (unpaired) electrons. The van der Waals surface area contributed by atoms with Gasteiger partial charge in [0.1, 0.15) is 12.4 Å². The van der Waals surface area contributed by atoms with E-state index in [0.717, 1.165) is 48.1 Å². The smallest absolute Gasteiger partial charge is 0.264 e. The van der Waals surface area contributed by atoms with Crippen LogP contribution in [0.2, 0.25) is 0 Å². The van der Waals surface area contributed by atoms with Gasteiger partial charge in [0.25, 0.3) is 15.9 Å². The van der Waals surface area contributed by atoms with E-state index >= 15 is 0 Å². The number of likely N-dealkylation sites (tertiary alicyclic amines) is 1. The summed E-state index contributed by atoms with van der Waals surface area (Å²) in [4.78, 5) is 14.7. The molecule has 0 aliphatic carbocycles. The number of nitrogens with one attached hydrogen (secondary N) is 1. The molecule has 2 aromatic carbocycles. The summed E-state index contributed by atoms with van der Waals surface area (Å²) in [5, 5.41) is 4.16. The van der Waals surface area contributed by atoms with E-state index in [2.05, 4.69) is 15.4 Å². The highest BCUT2D eigenvalue weighted by atomic mass is 32.2. The Kier molecular flexibility index (Phi) is 7.88. The third-order valence-electron chi connectivity index (χ3n) is 5.25. The molecule has 1 saturated heterocycles. The van der Waals surface area contributed by atoms with Crippen LogP contribution in [0, 0.1) is 5.82 Å². The standard InChI is InChI=1S/C22H27FN4O5S/c1-26-12-10-17(11-13-26)24-25-22(28)15-27(18-6-4-16(23)5-7-18)33(29,30)19-8-9-20(31-2)21(14-19)32-3/h4-9,14H,10-13,15H2,1-3H3,(H,25,28). The van der Waals surface area contributed by atoms with Crippen LogP contribution in [0.4, 0.5) is 10.1 Å². The summed E-state index contributed by atoms with van der Waals surface area (Å²) >= 11 is 0. The predicted octanol–water partition coefficient (Wildman–Crippen LogP) is 2.24. The number of carbonyl (C=O) groups is 1. The van der Waals surface area contributed by atoms with Gasteiger partial charge in [0.05, 0.1) is 24.8 Å². The molecule has 0 spiro atoms. The molecule has 0 saturated carbocycles. The van der Waals surface area contributed by atoms with Crippen molar-refractivity contribution in [2.75, 3.05) is 45.2 Å². The number of amides is 1. The molecule has 1 N–H and O–H groups in total. The Labute approximate surface area is 192 Å². The Morgan fingerprint density at radius 3 is 2.33 bits per heavy atom. The van der Waals surface area contributed by atoms with Crippen molar-refractivity contribution in [3.05, 3.63) is 48.3 Å². The van der Waals surface area contributed by atoms with Crippen LogP contribution in [0.15, 0.2) is 52.5 Å². The van der Waals surface area contributed by atoms with Crippen LogP contribution in [0.5, 0.6) is 11.5 Å². The maximum Gasteiger partial charge on any atom is 0.264 e. The molecular formula is C22H27FN4O5S. The van der Waals surface area contributed by atoms with Gasteiger partial charge in [-0.3, -0.25) is 9.10 Å². The number of hydrazone groups is 1. The van der Waals surface area contributed by atoms with Crippen molar-refractivity contribution in [1.82, 2.24) is 10.3 Å². The second kappa shape index (κ2) is 10.6. The van der Waals surface area contributed by atoms with Crippen molar-refractivity contribution in [2.24, 2.45) is 5.10 Å². The van der Waals surface area contributed by atoms with Crippen molar-refractivity contribution in [2.45, 2.75) is 17.7 Å². The first-order chi connectivity index (χ1) is 15.7. The lowest BCUT2D eigenvalue weighted by Gasteiger charge is -2.25. The summed E-state index contributed by atoms with van der Waals surface area (Å²) in [6.45, 7) is 1.13. The van der Waals surface area contributed by atoms with Crippen molar-refractivity contribution in [3.63, 3.8) is 0 Å². The fraction of sp³-hybridized carbons (Fsp3) is 0.364. The van der Waals surface area contributed by atoms with Gasteiger partial charge in [-0.2, -0.15) is 5.10 Å². The third kappa shape index (κ3) is 5.99. The minimum Gasteiger partial charge on any atom is -0.493 e. The Morgan fingerprint density at radius 2 is 1.73 bits per heavy atom. The van der Waals surface area contributed by atoms with Gasteiger partial charge < -0.3 is 14.4 Å². The summed E-state index contributed by atoms with van der Waals surface area (Å²) in [7, 11) is 0.626. The third-order valence-corrected chi connectivity index (χ3v) is 7.02. The highest BCUT2D eigenvalue weighted by molar-refractivity contribution is 7.92. The van der Waals surface area contributed by atoms with E-state index < -0.39 is 28.3 Å². The number of methoxy groups -OCH3 is 2. The highest BCUT2D eigenvalue weighted by Crippen LogP contribution is 2.32. The molecule has 0 bridgehead atoms. The maximum absolute atomic E-state index is 13.5. The summed E-state index contributed by atoms with van der Waals surface area (Å²) in [5.74, 6) is -0.567. The maximum atomic E-state index is 13.5. The van der Waals surface area contributed by atoms with Crippen molar-refractivity contribution in [1.29, 1.82) is 0 Å². The zero-order valence-electron chi connectivity index (χ0n) is 18.7. The van der Waals surface area contributed by atoms with Crippen molar-refractivity contribution < 1.29 is 27.1 Å². The lowest BCUT2D eigenvalue weighted by atomic mass is 10.1. The molecule has 1 aliphatic rings. The van der Waals surface area contributed by atoms with E-state index in [1.165, 1.54) is 44.6 Å². The number of piperidine rings is 1. The monoisotopic (exact) mass is 478 g/mol. The molecule has 33 heavy (non-hydrogen) atoms. The summed E-state index contributed by atoms with van der Waals surface area (Å²) in [6.07, 6.45) is 1.45. The molecule has 0 unspecified atom stereocenters. The number of rotatable bonds is 8. The molecule has 3 rings (SSSR count). The average Bonchev–Trinajstić information content (AvgIpc) is 2.82. The molecule has 0 atom stereocenters. The molecule has 178 valence electrons. The van der Waals surface area contributed by atoms with E-state index in [1.807, 2.05) is 7.05 Å². The second-order valence-corrected chi connectivity index (χ2v) is 9.38. The van der Waals surface area contributed by atoms with E-state index in [4.69, 9.17) is 9.47 Å². The largest absolute Gasteiger partial charge is 0.493 e. The van der Waals surface area contributed by atoms with Crippen LogP contribution in [0.3, 0.4) is 0 Å². The Morgan fingerprint density at radius 1 is 1.09 bits per heavy atom. The number of ether oxygens (including phenoxy) is 2. The van der Waals surface area contributed by atoms with Gasteiger partial charge in [0, 0.05) is 37.7 Å². The molecule has 1 fully saturated rings. The normalized spacial score (nSPS) is 14.5. The lowest BCUT2D eigenvalue weighted by molar-refractivity contribution is -0.119. The highest BCUT2D eigenvalue weighted by Gasteiger charge is 2.28. The number of anilines is 1. The number of benzene rings is 2. The molecule has 1 aliphatic heterocycles. The van der Waals surface area contributed by atoms with Crippen molar-refractivity contribution >= 4 is 27.3 Å². The van der Waals surface area contributed by atoms with E-state index in [1.54, 1.807) is 0 Å². The zero-order chi connectivity index (χ0) is 24.0. The second-order valence-electron chi connectivity index (χ2n) is 7.52. The van der Waals surface area contributed by atoms with Gasteiger partial charge >= 0.3 is 0 Å². The average molecular weight is 479 g/mol. The Balaban J connectivity index is 1.89. The first-order valence-corrected chi connectivity index (χ1v) is 11.7. The van der Waals surface area contributed by atoms with E-state index in [0.29, 0.717) is 5.75 Å². The zero-order valence-corrected chi connectivity index (χ0v) is 19.6. The molecule has 1 heterocycles. The first-order valence-electron chi connectivity index (χ1n) is 10.3. The number of hydrogen-bond acceptors (Lipinski definition) is 7. The molecule has 11 heteroatoms. The lowest BCUT2D eigenvalue weighted by Crippen LogP contribution is -2.40. The summed E-state index contributed by atoms with van der Waals surface area (Å²) < 4.78 is 51.7. The minimum atomic E-state index is -4.21. The van der Waals surface area contributed by atoms with E-state index in [-0.39, 0.29) is 16.3 Å². The quantitative estimate of drug-likeness (QED) is 0.584. The molecule has 2 aromatic rings. The fourth-order valence-corrected chi connectivity index (χ4v) is 4.76. The number of halogens is 1. The first kappa shape index (κ1) is 24.5. The Bertz CT molecular complexity index is 1110. The van der Waals surface area contributed by atoms with E-state index in [9.17, 15) is 17.6 Å². The van der Waals surface area contributed by atoms with Crippen LogP contribution in [-0.4, -0.2) is 65.8 Å². The molecular weight excluding hydrogens is 451 g/mol. The van der Waals surface area contributed by atoms with Gasteiger partial charge in [-0.05, 0) is 43.4 Å². The Hall–Kier alpha value is -3.18. The van der Waals surface area contributed by atoms with Gasteiger partial charge in [0.15, 0.2) is 11.5 Å². The molecule has 1 amide bonds. The van der Waals surface area contributed by atoms with Crippen molar-refractivity contribution in [3.8, 4) is 11.5 Å². The number of carbonyl (C=O) groups excluding carboxylic acids is 1. The SMILES string of the molecule is COc1ccc(S(=O)(=O)N(CC(=O)NN=C2CCN(C)CC2)c2ccc(F)cc2)cc1OC. The minimum absolute atomic E-state index is 0.112. The topological polar surface area (TPSA) is 101 Å². The predicted molar refractivity (Wildman–Crippen MR) is 123 cm³/mol. The molecule has 9 nitrogen and oxygen atoms in total. The van der Waals surface area contributed by atoms with Crippen LogP contribution in [-0.2, 0) is 14.8 Å². The number of nitrogens with zero attached hydrogens (tertiary/aromatic N) is 3. The fourth-order valence-electron chi connectivity index (χ4n) is 3.32. The number of hydrogen-bond donors (Lipinski definition) is 1. The summed E-state index contributed by atoms with van der Waals surface area (Å²) in [5.41, 5.74) is 3.43. The van der Waals surface area contributed by atoms with Crippen LogP contribution >= 0.6 is 0 Å². The van der Waals surface area contributed by atoms with Crippen LogP contribution in [0.1, 0.15) is 12.8 Å². The molecule has 0 aromatic heterocycles. The van der Waals surface area contributed by atoms with Gasteiger partial charge in [0.2, 0.25) is 0 Å². The van der Waals surface area contributed by atoms with Crippen LogP contribution < -0.4 is 19.2 Å². The van der Waals surface area contributed by atoms with Gasteiger partial charge in [-0.1, -0.05) is 0 Å². The van der Waals surface area contributed by atoms with Gasteiger partial charge in [-0.25, -0.2) is 18.2 Å². The van der Waals surface area contributed by atoms with Crippen LogP contribution in [0.25, 0.3) is 0 Å².